The molecule has 2 nitrogen and oxygen atoms in total. The fraction of sp³-hybridized carbons (Fsp3) is 0.538. The molecule has 0 bridgehead atoms. The highest BCUT2D eigenvalue weighted by atomic mass is 14.8. The molecule has 0 aliphatic heterocycles. The van der Waals surface area contributed by atoms with Gasteiger partial charge in [-0.1, -0.05) is 37.6 Å². The van der Waals surface area contributed by atoms with E-state index in [0.29, 0.717) is 12.5 Å². The van der Waals surface area contributed by atoms with E-state index in [2.05, 4.69) is 36.5 Å². The van der Waals surface area contributed by atoms with Gasteiger partial charge in [-0.2, -0.15) is 0 Å². The lowest BCUT2D eigenvalue weighted by atomic mass is 9.96. The zero-order valence-corrected chi connectivity index (χ0v) is 9.79. The number of aryl methyl sites for hydroxylation is 1. The lowest BCUT2D eigenvalue weighted by Gasteiger charge is -2.15. The van der Waals surface area contributed by atoms with Gasteiger partial charge in [0.25, 0.3) is 0 Å². The van der Waals surface area contributed by atoms with Crippen molar-refractivity contribution in [2.45, 2.75) is 25.7 Å². The number of hydrogen-bond donors (Lipinski definition) is 2. The van der Waals surface area contributed by atoms with E-state index in [-0.39, 0.29) is 0 Å². The summed E-state index contributed by atoms with van der Waals surface area (Å²) in [5.74, 6) is 0.437. The quantitative estimate of drug-likeness (QED) is 0.746. The van der Waals surface area contributed by atoms with Crippen LogP contribution in [0.2, 0.25) is 0 Å². The van der Waals surface area contributed by atoms with Crippen LogP contribution in [0.25, 0.3) is 0 Å². The van der Waals surface area contributed by atoms with E-state index in [1.807, 2.05) is 7.05 Å². The minimum atomic E-state index is 0.437. The molecule has 0 spiro atoms. The summed E-state index contributed by atoms with van der Waals surface area (Å²) >= 11 is 0. The molecule has 1 aromatic carbocycles. The summed E-state index contributed by atoms with van der Waals surface area (Å²) in [6.07, 6.45) is 2.35. The maximum absolute atomic E-state index is 5.77. The highest BCUT2D eigenvalue weighted by Gasteiger charge is 2.08. The SMILES string of the molecule is CCCc1cccc(C(CN)CNC)c1. The van der Waals surface area contributed by atoms with Crippen molar-refractivity contribution in [3.8, 4) is 0 Å². The van der Waals surface area contributed by atoms with Crippen LogP contribution in [0.3, 0.4) is 0 Å². The minimum absolute atomic E-state index is 0.437. The van der Waals surface area contributed by atoms with Crippen molar-refractivity contribution >= 4 is 0 Å². The Morgan fingerprint density at radius 1 is 1.40 bits per heavy atom. The fourth-order valence-electron chi connectivity index (χ4n) is 1.87. The third kappa shape index (κ3) is 3.65. The second-order valence-electron chi connectivity index (χ2n) is 3.99. The molecule has 84 valence electrons. The van der Waals surface area contributed by atoms with Gasteiger partial charge in [0, 0.05) is 19.0 Å². The van der Waals surface area contributed by atoms with Gasteiger partial charge >= 0.3 is 0 Å². The maximum atomic E-state index is 5.77. The van der Waals surface area contributed by atoms with Crippen molar-refractivity contribution in [1.29, 1.82) is 0 Å². The Hall–Kier alpha value is -0.860. The van der Waals surface area contributed by atoms with Crippen molar-refractivity contribution in [2.75, 3.05) is 20.1 Å². The van der Waals surface area contributed by atoms with Gasteiger partial charge in [-0.15, -0.1) is 0 Å². The van der Waals surface area contributed by atoms with E-state index >= 15 is 0 Å². The molecule has 1 aromatic rings. The van der Waals surface area contributed by atoms with Crippen LogP contribution in [0.15, 0.2) is 24.3 Å². The second kappa shape index (κ2) is 6.59. The molecule has 0 saturated carbocycles. The molecule has 0 fully saturated rings. The summed E-state index contributed by atoms with van der Waals surface area (Å²) in [5, 5.41) is 3.19. The molecule has 0 aromatic heterocycles. The largest absolute Gasteiger partial charge is 0.330 e. The Morgan fingerprint density at radius 3 is 2.80 bits per heavy atom. The molecule has 1 unspecified atom stereocenters. The normalized spacial score (nSPS) is 12.7. The molecular weight excluding hydrogens is 184 g/mol. The molecule has 0 amide bonds. The van der Waals surface area contributed by atoms with Crippen LogP contribution >= 0.6 is 0 Å². The molecule has 3 N–H and O–H groups in total. The van der Waals surface area contributed by atoms with Gasteiger partial charge < -0.3 is 11.1 Å². The van der Waals surface area contributed by atoms with Crippen LogP contribution in [-0.4, -0.2) is 20.1 Å². The third-order valence-corrected chi connectivity index (χ3v) is 2.70. The molecule has 0 heterocycles. The van der Waals surface area contributed by atoms with Gasteiger partial charge in [-0.25, -0.2) is 0 Å². The zero-order valence-electron chi connectivity index (χ0n) is 9.79. The summed E-state index contributed by atoms with van der Waals surface area (Å²) in [6, 6.07) is 8.80. The van der Waals surface area contributed by atoms with Gasteiger partial charge in [-0.3, -0.25) is 0 Å². The predicted molar refractivity (Wildman–Crippen MR) is 66.2 cm³/mol. The molecular formula is C13H22N2. The van der Waals surface area contributed by atoms with Gasteiger partial charge in [0.2, 0.25) is 0 Å². The monoisotopic (exact) mass is 206 g/mol. The standard InChI is InChI=1S/C13H22N2/c1-3-5-11-6-4-7-12(8-11)13(9-14)10-15-2/h4,6-8,13,15H,3,5,9-10,14H2,1-2H3. The van der Waals surface area contributed by atoms with Crippen LogP contribution in [0.1, 0.15) is 30.4 Å². The number of nitrogens with one attached hydrogen (secondary N) is 1. The van der Waals surface area contributed by atoms with E-state index in [9.17, 15) is 0 Å². The maximum Gasteiger partial charge on any atom is 0.00863 e. The van der Waals surface area contributed by atoms with Crippen LogP contribution in [-0.2, 0) is 6.42 Å². The first-order chi connectivity index (χ1) is 7.31. The van der Waals surface area contributed by atoms with E-state index in [1.54, 1.807) is 0 Å². The van der Waals surface area contributed by atoms with E-state index < -0.39 is 0 Å². The summed E-state index contributed by atoms with van der Waals surface area (Å²) in [4.78, 5) is 0. The lowest BCUT2D eigenvalue weighted by Crippen LogP contribution is -2.24. The lowest BCUT2D eigenvalue weighted by molar-refractivity contribution is 0.636. The summed E-state index contributed by atoms with van der Waals surface area (Å²) in [7, 11) is 1.97. The number of benzene rings is 1. The Bertz CT molecular complexity index is 284. The molecule has 0 radical (unpaired) electrons. The van der Waals surface area contributed by atoms with Crippen molar-refractivity contribution in [1.82, 2.24) is 5.32 Å². The topological polar surface area (TPSA) is 38.0 Å². The first-order valence-corrected chi connectivity index (χ1v) is 5.75. The molecule has 2 heteroatoms. The smallest absolute Gasteiger partial charge is 0.00863 e. The zero-order chi connectivity index (χ0) is 11.1. The first kappa shape index (κ1) is 12.2. The average molecular weight is 206 g/mol. The molecule has 0 aliphatic carbocycles. The second-order valence-corrected chi connectivity index (χ2v) is 3.99. The third-order valence-electron chi connectivity index (χ3n) is 2.70. The number of likely N-dealkylation sites (N-methyl/N-ethyl adjacent to an activating group) is 1. The van der Waals surface area contributed by atoms with E-state index in [0.717, 1.165) is 13.0 Å². The summed E-state index contributed by atoms with van der Waals surface area (Å²) in [5.41, 5.74) is 8.55. The number of rotatable bonds is 6. The highest BCUT2D eigenvalue weighted by molar-refractivity contribution is 5.27. The molecule has 0 saturated heterocycles. The first-order valence-electron chi connectivity index (χ1n) is 5.75. The van der Waals surface area contributed by atoms with Crippen LogP contribution < -0.4 is 11.1 Å². The van der Waals surface area contributed by atoms with Crippen molar-refractivity contribution in [2.24, 2.45) is 5.73 Å². The Kier molecular flexibility index (Phi) is 5.37. The average Bonchev–Trinajstić information content (AvgIpc) is 2.27. The van der Waals surface area contributed by atoms with Gasteiger partial charge in [0.1, 0.15) is 0 Å². The van der Waals surface area contributed by atoms with Crippen LogP contribution in [0, 0.1) is 0 Å². The molecule has 1 atom stereocenters. The Labute approximate surface area is 92.9 Å². The minimum Gasteiger partial charge on any atom is -0.330 e. The van der Waals surface area contributed by atoms with Crippen molar-refractivity contribution in [3.05, 3.63) is 35.4 Å². The number of nitrogens with two attached hydrogens (primary N) is 1. The summed E-state index contributed by atoms with van der Waals surface area (Å²) in [6.45, 7) is 3.86. The summed E-state index contributed by atoms with van der Waals surface area (Å²) < 4.78 is 0. The Balaban J connectivity index is 2.77. The fourth-order valence-corrected chi connectivity index (χ4v) is 1.87. The molecule has 1 rings (SSSR count). The molecule has 15 heavy (non-hydrogen) atoms. The van der Waals surface area contributed by atoms with Gasteiger partial charge in [0.15, 0.2) is 0 Å². The van der Waals surface area contributed by atoms with E-state index in [4.69, 9.17) is 5.73 Å². The van der Waals surface area contributed by atoms with Crippen molar-refractivity contribution in [3.63, 3.8) is 0 Å². The van der Waals surface area contributed by atoms with Gasteiger partial charge in [-0.05, 0) is 24.6 Å². The van der Waals surface area contributed by atoms with Gasteiger partial charge in [0.05, 0.1) is 0 Å². The number of hydrogen-bond acceptors (Lipinski definition) is 2. The predicted octanol–water partition coefficient (Wildman–Crippen LogP) is 1.90. The van der Waals surface area contributed by atoms with Crippen molar-refractivity contribution < 1.29 is 0 Å². The van der Waals surface area contributed by atoms with Crippen LogP contribution in [0.5, 0.6) is 0 Å². The molecule has 0 aliphatic rings. The van der Waals surface area contributed by atoms with E-state index in [1.165, 1.54) is 17.5 Å². The highest BCUT2D eigenvalue weighted by Crippen LogP contribution is 2.16. The Morgan fingerprint density at radius 2 is 2.20 bits per heavy atom. The van der Waals surface area contributed by atoms with Crippen LogP contribution in [0.4, 0.5) is 0 Å².